The van der Waals surface area contributed by atoms with Crippen LogP contribution in [0.5, 0.6) is 0 Å². The number of anilines is 3. The molecule has 1 fully saturated rings. The molecule has 0 bridgehead atoms. The van der Waals surface area contributed by atoms with Crippen LogP contribution in [0.2, 0.25) is 5.02 Å². The monoisotopic (exact) mass is 416 g/mol. The molecule has 28 heavy (non-hydrogen) atoms. The van der Waals surface area contributed by atoms with Gasteiger partial charge in [-0.2, -0.15) is 0 Å². The van der Waals surface area contributed by atoms with E-state index in [1.165, 1.54) is 11.3 Å². The van der Waals surface area contributed by atoms with Crippen LogP contribution in [0.4, 0.5) is 16.6 Å². The third-order valence-electron chi connectivity index (χ3n) is 4.89. The lowest BCUT2D eigenvalue weighted by Crippen LogP contribution is -2.40. The van der Waals surface area contributed by atoms with E-state index in [-0.39, 0.29) is 0 Å². The number of benzene rings is 1. The van der Waals surface area contributed by atoms with E-state index in [9.17, 15) is 14.7 Å². The number of aromatic nitrogens is 2. The van der Waals surface area contributed by atoms with Gasteiger partial charge in [-0.3, -0.25) is 9.59 Å². The van der Waals surface area contributed by atoms with E-state index in [2.05, 4.69) is 20.6 Å². The number of carbonyl (C=O) groups excluding carboxylic acids is 1. The summed E-state index contributed by atoms with van der Waals surface area (Å²) in [6.07, 6.45) is 2.18. The summed E-state index contributed by atoms with van der Waals surface area (Å²) in [7, 11) is 0. The number of halogens is 1. The molecule has 1 saturated carbocycles. The van der Waals surface area contributed by atoms with Gasteiger partial charge in [0.2, 0.25) is 5.91 Å². The molecular weight excluding hydrogens is 400 g/mol. The molecule has 0 aliphatic heterocycles. The normalized spacial score (nSPS) is 15.5. The quantitative estimate of drug-likeness (QED) is 0.522. The molecule has 3 aromatic rings. The molecule has 2 aromatic heterocycles. The first-order chi connectivity index (χ1) is 13.5. The van der Waals surface area contributed by atoms with Gasteiger partial charge < -0.3 is 15.7 Å². The molecule has 9 heteroatoms. The van der Waals surface area contributed by atoms with Gasteiger partial charge in [-0.05, 0) is 49.2 Å². The Morgan fingerprint density at radius 2 is 1.79 bits per heavy atom. The second-order valence-corrected chi connectivity index (χ2v) is 8.13. The molecule has 1 amide bonds. The molecule has 1 aliphatic carbocycles. The van der Waals surface area contributed by atoms with Gasteiger partial charge in [0.1, 0.15) is 21.6 Å². The molecule has 0 spiro atoms. The number of thiazole rings is 1. The largest absolute Gasteiger partial charge is 0.480 e. The van der Waals surface area contributed by atoms with Gasteiger partial charge in [-0.1, -0.05) is 35.8 Å². The lowest BCUT2D eigenvalue weighted by Gasteiger charge is -2.21. The smallest absolute Gasteiger partial charge is 0.319 e. The fourth-order valence-electron chi connectivity index (χ4n) is 3.35. The standard InChI is InChI=1S/C19H17ClN4O3S/c20-11-3-5-12(6-4-11)21-14-8-7-13-15(23-14)28-18(22-13)24-16(25)19(17(26)27)9-1-2-10-19/h3-8H,1-2,9-10H2,(H,21,23)(H,26,27)(H,22,24,25). The molecule has 144 valence electrons. The van der Waals surface area contributed by atoms with Crippen molar-refractivity contribution < 1.29 is 14.7 Å². The van der Waals surface area contributed by atoms with Crippen LogP contribution in [0.15, 0.2) is 36.4 Å². The van der Waals surface area contributed by atoms with Crippen LogP contribution in [0, 0.1) is 5.41 Å². The number of hydrogen-bond acceptors (Lipinski definition) is 6. The average Bonchev–Trinajstić information content (AvgIpc) is 3.30. The second kappa shape index (κ2) is 7.37. The van der Waals surface area contributed by atoms with Gasteiger partial charge in [0.25, 0.3) is 0 Å². The van der Waals surface area contributed by atoms with Crippen LogP contribution in [-0.2, 0) is 9.59 Å². The summed E-state index contributed by atoms with van der Waals surface area (Å²) < 4.78 is 0. The van der Waals surface area contributed by atoms with E-state index in [1.807, 2.05) is 12.1 Å². The number of carbonyl (C=O) groups is 2. The van der Waals surface area contributed by atoms with Crippen molar-refractivity contribution in [3.8, 4) is 0 Å². The highest BCUT2D eigenvalue weighted by atomic mass is 35.5. The van der Waals surface area contributed by atoms with Crippen LogP contribution in [0.3, 0.4) is 0 Å². The minimum absolute atomic E-state index is 0.351. The van der Waals surface area contributed by atoms with Gasteiger partial charge in [0.15, 0.2) is 5.13 Å². The molecule has 0 unspecified atom stereocenters. The number of pyridine rings is 1. The van der Waals surface area contributed by atoms with Gasteiger partial charge in [0.05, 0.1) is 0 Å². The van der Waals surface area contributed by atoms with Crippen molar-refractivity contribution in [1.82, 2.24) is 9.97 Å². The topological polar surface area (TPSA) is 104 Å². The Balaban J connectivity index is 1.54. The predicted molar refractivity (Wildman–Crippen MR) is 109 cm³/mol. The first kappa shape index (κ1) is 18.6. The van der Waals surface area contributed by atoms with Crippen molar-refractivity contribution in [1.29, 1.82) is 0 Å². The Kier molecular flexibility index (Phi) is 4.91. The van der Waals surface area contributed by atoms with Crippen molar-refractivity contribution in [2.75, 3.05) is 10.6 Å². The molecule has 3 N–H and O–H groups in total. The maximum Gasteiger partial charge on any atom is 0.319 e. The van der Waals surface area contributed by atoms with E-state index in [0.29, 0.717) is 39.2 Å². The summed E-state index contributed by atoms with van der Waals surface area (Å²) in [6.45, 7) is 0. The Morgan fingerprint density at radius 1 is 1.07 bits per heavy atom. The van der Waals surface area contributed by atoms with Crippen LogP contribution < -0.4 is 10.6 Å². The number of hydrogen-bond donors (Lipinski definition) is 3. The van der Waals surface area contributed by atoms with Gasteiger partial charge in [-0.25, -0.2) is 9.97 Å². The zero-order valence-electron chi connectivity index (χ0n) is 14.7. The van der Waals surface area contributed by atoms with Crippen molar-refractivity contribution >= 4 is 61.8 Å². The minimum atomic E-state index is -1.35. The summed E-state index contributed by atoms with van der Waals surface area (Å²) in [4.78, 5) is 33.8. The summed E-state index contributed by atoms with van der Waals surface area (Å²) in [5, 5.41) is 16.4. The molecule has 0 saturated heterocycles. The third kappa shape index (κ3) is 3.53. The van der Waals surface area contributed by atoms with Crippen LogP contribution >= 0.6 is 22.9 Å². The molecule has 2 heterocycles. The zero-order valence-corrected chi connectivity index (χ0v) is 16.3. The van der Waals surface area contributed by atoms with Gasteiger partial charge in [-0.15, -0.1) is 0 Å². The van der Waals surface area contributed by atoms with E-state index < -0.39 is 17.3 Å². The van der Waals surface area contributed by atoms with Crippen molar-refractivity contribution in [3.63, 3.8) is 0 Å². The first-order valence-electron chi connectivity index (χ1n) is 8.81. The maximum absolute atomic E-state index is 12.6. The number of carboxylic acids is 1. The number of aliphatic carboxylic acids is 1. The molecule has 0 atom stereocenters. The Morgan fingerprint density at radius 3 is 2.46 bits per heavy atom. The average molecular weight is 417 g/mol. The van der Waals surface area contributed by atoms with Gasteiger partial charge in [0, 0.05) is 10.7 Å². The molecule has 4 rings (SSSR count). The van der Waals surface area contributed by atoms with E-state index >= 15 is 0 Å². The third-order valence-corrected chi connectivity index (χ3v) is 6.03. The lowest BCUT2D eigenvalue weighted by molar-refractivity contribution is -0.153. The van der Waals surface area contributed by atoms with E-state index in [1.54, 1.807) is 24.3 Å². The Labute approximate surface area is 169 Å². The number of nitrogens with zero attached hydrogens (tertiary/aromatic N) is 2. The fourth-order valence-corrected chi connectivity index (χ4v) is 4.31. The van der Waals surface area contributed by atoms with Crippen LogP contribution in [0.25, 0.3) is 10.3 Å². The van der Waals surface area contributed by atoms with E-state index in [0.717, 1.165) is 18.5 Å². The summed E-state index contributed by atoms with van der Waals surface area (Å²) in [6, 6.07) is 10.8. The molecule has 1 aromatic carbocycles. The van der Waals surface area contributed by atoms with Crippen LogP contribution in [0.1, 0.15) is 25.7 Å². The Hall–Kier alpha value is -2.71. The number of nitrogens with one attached hydrogen (secondary N) is 2. The van der Waals surface area contributed by atoms with Crippen LogP contribution in [-0.4, -0.2) is 27.0 Å². The molecule has 1 aliphatic rings. The highest BCUT2D eigenvalue weighted by Gasteiger charge is 2.48. The zero-order chi connectivity index (χ0) is 19.7. The highest BCUT2D eigenvalue weighted by Crippen LogP contribution is 2.40. The number of carboxylic acid groups (broad SMARTS) is 1. The van der Waals surface area contributed by atoms with E-state index in [4.69, 9.17) is 11.6 Å². The van der Waals surface area contributed by atoms with Crippen molar-refractivity contribution in [3.05, 3.63) is 41.4 Å². The SMILES string of the molecule is O=C(O)C1(C(=O)Nc2nc3ccc(Nc4ccc(Cl)cc4)nc3s2)CCCC1. The summed E-state index contributed by atoms with van der Waals surface area (Å²) in [5.74, 6) is -0.943. The summed E-state index contributed by atoms with van der Waals surface area (Å²) in [5.41, 5.74) is 0.128. The lowest BCUT2D eigenvalue weighted by atomic mass is 9.85. The maximum atomic E-state index is 12.6. The number of fused-ring (bicyclic) bond motifs is 1. The predicted octanol–water partition coefficient (Wildman–Crippen LogP) is 4.67. The minimum Gasteiger partial charge on any atom is -0.480 e. The first-order valence-corrected chi connectivity index (χ1v) is 10.0. The fraction of sp³-hybridized carbons (Fsp3) is 0.263. The summed E-state index contributed by atoms with van der Waals surface area (Å²) >= 11 is 7.11. The molecule has 7 nitrogen and oxygen atoms in total. The van der Waals surface area contributed by atoms with Crippen molar-refractivity contribution in [2.24, 2.45) is 5.41 Å². The van der Waals surface area contributed by atoms with Gasteiger partial charge >= 0.3 is 5.97 Å². The highest BCUT2D eigenvalue weighted by molar-refractivity contribution is 7.22. The Bertz CT molecular complexity index is 1050. The molecule has 0 radical (unpaired) electrons. The molecular formula is C19H17ClN4O3S. The number of amides is 1. The second-order valence-electron chi connectivity index (χ2n) is 6.72. The number of rotatable bonds is 5. The van der Waals surface area contributed by atoms with Crippen molar-refractivity contribution in [2.45, 2.75) is 25.7 Å².